The minimum atomic E-state index is 0.551. The molecule has 1 aliphatic heterocycles. The van der Waals surface area contributed by atoms with Crippen molar-refractivity contribution in [1.82, 2.24) is 15.5 Å². The molecule has 0 amide bonds. The van der Waals surface area contributed by atoms with E-state index in [0.29, 0.717) is 11.7 Å². The zero-order valence-electron chi connectivity index (χ0n) is 11.1. The van der Waals surface area contributed by atoms with Gasteiger partial charge in [-0.2, -0.15) is 4.98 Å². The van der Waals surface area contributed by atoms with E-state index in [2.05, 4.69) is 43.5 Å². The fraction of sp³-hybridized carbons (Fsp3) is 0.125. The van der Waals surface area contributed by atoms with Crippen LogP contribution >= 0.6 is 15.9 Å². The van der Waals surface area contributed by atoms with E-state index in [1.807, 2.05) is 30.3 Å². The number of hydrogen-bond acceptors (Lipinski definition) is 4. The molecule has 0 bridgehead atoms. The maximum Gasteiger partial charge on any atom is 0.258 e. The standard InChI is InChI=1S/C16H12BrN3O/c17-14-4-2-1-3-13(14)15-19-16(21-20-15)10-5-6-11-8-18-9-12(11)7-10/h1-7,18H,8-9H2. The van der Waals surface area contributed by atoms with Gasteiger partial charge in [-0.25, -0.2) is 0 Å². The van der Waals surface area contributed by atoms with Crippen molar-refractivity contribution in [3.05, 3.63) is 58.1 Å². The molecule has 5 heteroatoms. The average Bonchev–Trinajstić information content (AvgIpc) is 3.16. The van der Waals surface area contributed by atoms with Gasteiger partial charge in [-0.15, -0.1) is 0 Å². The molecule has 2 aromatic carbocycles. The molecule has 1 aliphatic rings. The fourth-order valence-electron chi connectivity index (χ4n) is 2.52. The van der Waals surface area contributed by atoms with Crippen LogP contribution in [0.1, 0.15) is 11.1 Å². The molecule has 2 heterocycles. The zero-order valence-corrected chi connectivity index (χ0v) is 12.7. The van der Waals surface area contributed by atoms with Crippen molar-refractivity contribution < 1.29 is 4.52 Å². The van der Waals surface area contributed by atoms with Crippen molar-refractivity contribution in [3.8, 4) is 22.8 Å². The first kappa shape index (κ1) is 12.7. The second kappa shape index (κ2) is 5.09. The molecule has 0 spiro atoms. The van der Waals surface area contributed by atoms with Crippen LogP contribution in [0.2, 0.25) is 0 Å². The van der Waals surface area contributed by atoms with E-state index in [9.17, 15) is 0 Å². The summed E-state index contributed by atoms with van der Waals surface area (Å²) < 4.78 is 6.37. The normalized spacial score (nSPS) is 13.4. The third-order valence-corrected chi connectivity index (χ3v) is 4.32. The Balaban J connectivity index is 1.73. The van der Waals surface area contributed by atoms with Gasteiger partial charge < -0.3 is 9.84 Å². The van der Waals surface area contributed by atoms with Crippen molar-refractivity contribution in [2.24, 2.45) is 0 Å². The third kappa shape index (κ3) is 2.28. The van der Waals surface area contributed by atoms with Gasteiger partial charge in [0.1, 0.15) is 0 Å². The van der Waals surface area contributed by atoms with Crippen LogP contribution in [0.15, 0.2) is 51.5 Å². The molecular formula is C16H12BrN3O. The molecule has 3 aromatic rings. The molecular weight excluding hydrogens is 330 g/mol. The van der Waals surface area contributed by atoms with Gasteiger partial charge in [0.15, 0.2) is 0 Å². The lowest BCUT2D eigenvalue weighted by Crippen LogP contribution is -1.99. The minimum absolute atomic E-state index is 0.551. The first-order valence-corrected chi connectivity index (χ1v) is 7.52. The molecule has 0 unspecified atom stereocenters. The minimum Gasteiger partial charge on any atom is -0.334 e. The number of benzene rings is 2. The lowest BCUT2D eigenvalue weighted by atomic mass is 10.1. The van der Waals surface area contributed by atoms with Crippen molar-refractivity contribution in [2.45, 2.75) is 13.1 Å². The average molecular weight is 342 g/mol. The number of nitrogens with zero attached hydrogens (tertiary/aromatic N) is 2. The van der Waals surface area contributed by atoms with Gasteiger partial charge in [0.05, 0.1) is 0 Å². The summed E-state index contributed by atoms with van der Waals surface area (Å²) >= 11 is 3.51. The maximum absolute atomic E-state index is 5.42. The van der Waals surface area contributed by atoms with Crippen LogP contribution in [0.3, 0.4) is 0 Å². The predicted molar refractivity (Wildman–Crippen MR) is 83.4 cm³/mol. The maximum atomic E-state index is 5.42. The van der Waals surface area contributed by atoms with Crippen LogP contribution in [-0.4, -0.2) is 10.1 Å². The van der Waals surface area contributed by atoms with Gasteiger partial charge in [0.2, 0.25) is 5.82 Å². The van der Waals surface area contributed by atoms with Gasteiger partial charge >= 0.3 is 0 Å². The van der Waals surface area contributed by atoms with Crippen LogP contribution in [-0.2, 0) is 13.1 Å². The van der Waals surface area contributed by atoms with Crippen LogP contribution in [0.4, 0.5) is 0 Å². The molecule has 1 aromatic heterocycles. The summed E-state index contributed by atoms with van der Waals surface area (Å²) in [6.45, 7) is 1.83. The summed E-state index contributed by atoms with van der Waals surface area (Å²) in [5.74, 6) is 1.14. The molecule has 4 nitrogen and oxygen atoms in total. The van der Waals surface area contributed by atoms with Gasteiger partial charge in [-0.05, 0) is 35.4 Å². The Morgan fingerprint density at radius 1 is 1.05 bits per heavy atom. The van der Waals surface area contributed by atoms with Crippen LogP contribution in [0.25, 0.3) is 22.8 Å². The number of rotatable bonds is 2. The Bertz CT molecular complexity index is 813. The van der Waals surface area contributed by atoms with E-state index in [-0.39, 0.29) is 0 Å². The number of aromatic nitrogens is 2. The zero-order chi connectivity index (χ0) is 14.2. The molecule has 104 valence electrons. The van der Waals surface area contributed by atoms with E-state index < -0.39 is 0 Å². The summed E-state index contributed by atoms with van der Waals surface area (Å²) in [4.78, 5) is 4.51. The molecule has 1 N–H and O–H groups in total. The molecule has 21 heavy (non-hydrogen) atoms. The first-order valence-electron chi connectivity index (χ1n) is 6.73. The second-order valence-electron chi connectivity index (χ2n) is 4.99. The van der Waals surface area contributed by atoms with Gasteiger partial charge in [-0.3, -0.25) is 0 Å². The quantitative estimate of drug-likeness (QED) is 0.770. The Kier molecular flexibility index (Phi) is 3.09. The molecule has 0 saturated carbocycles. The Morgan fingerprint density at radius 3 is 2.81 bits per heavy atom. The smallest absolute Gasteiger partial charge is 0.258 e. The molecule has 0 atom stereocenters. The van der Waals surface area contributed by atoms with E-state index >= 15 is 0 Å². The van der Waals surface area contributed by atoms with Gasteiger partial charge in [-0.1, -0.05) is 39.3 Å². The summed E-state index contributed by atoms with van der Waals surface area (Å²) in [5, 5.41) is 7.42. The monoisotopic (exact) mass is 341 g/mol. The summed E-state index contributed by atoms with van der Waals surface area (Å²) in [6.07, 6.45) is 0. The molecule has 0 fully saturated rings. The van der Waals surface area contributed by atoms with Crippen molar-refractivity contribution in [3.63, 3.8) is 0 Å². The molecule has 0 aliphatic carbocycles. The van der Waals surface area contributed by atoms with E-state index in [4.69, 9.17) is 4.52 Å². The first-order chi connectivity index (χ1) is 10.3. The van der Waals surface area contributed by atoms with Crippen molar-refractivity contribution in [1.29, 1.82) is 0 Å². The summed E-state index contributed by atoms with van der Waals surface area (Å²) in [5.41, 5.74) is 4.52. The van der Waals surface area contributed by atoms with E-state index in [1.54, 1.807) is 0 Å². The van der Waals surface area contributed by atoms with Crippen molar-refractivity contribution in [2.75, 3.05) is 0 Å². The highest BCUT2D eigenvalue weighted by Crippen LogP contribution is 2.29. The third-order valence-electron chi connectivity index (χ3n) is 3.62. The molecule has 0 saturated heterocycles. The van der Waals surface area contributed by atoms with Gasteiger partial charge in [0.25, 0.3) is 5.89 Å². The largest absolute Gasteiger partial charge is 0.334 e. The topological polar surface area (TPSA) is 51.0 Å². The Morgan fingerprint density at radius 2 is 1.90 bits per heavy atom. The predicted octanol–water partition coefficient (Wildman–Crippen LogP) is 3.77. The fourth-order valence-corrected chi connectivity index (χ4v) is 2.98. The summed E-state index contributed by atoms with van der Waals surface area (Å²) in [7, 11) is 0. The van der Waals surface area contributed by atoms with E-state index in [1.165, 1.54) is 11.1 Å². The second-order valence-corrected chi connectivity index (χ2v) is 5.84. The highest BCUT2D eigenvalue weighted by molar-refractivity contribution is 9.10. The number of hydrogen-bond donors (Lipinski definition) is 1. The molecule has 0 radical (unpaired) electrons. The lowest BCUT2D eigenvalue weighted by molar-refractivity contribution is 0.432. The van der Waals surface area contributed by atoms with Crippen LogP contribution in [0.5, 0.6) is 0 Å². The Hall–Kier alpha value is -1.98. The van der Waals surface area contributed by atoms with Crippen molar-refractivity contribution >= 4 is 15.9 Å². The SMILES string of the molecule is Brc1ccccc1-c1noc(-c2ccc3c(c2)CNC3)n1. The lowest BCUT2D eigenvalue weighted by Gasteiger charge is -1.99. The van der Waals surface area contributed by atoms with Crippen LogP contribution in [0, 0.1) is 0 Å². The Labute approximate surface area is 130 Å². The number of nitrogens with one attached hydrogen (secondary N) is 1. The van der Waals surface area contributed by atoms with E-state index in [0.717, 1.165) is 28.7 Å². The van der Waals surface area contributed by atoms with Crippen LogP contribution < -0.4 is 5.32 Å². The highest BCUT2D eigenvalue weighted by atomic mass is 79.9. The highest BCUT2D eigenvalue weighted by Gasteiger charge is 2.15. The number of halogens is 1. The summed E-state index contributed by atoms with van der Waals surface area (Å²) in [6, 6.07) is 14.1. The van der Waals surface area contributed by atoms with Gasteiger partial charge in [0, 0.05) is 28.7 Å². The number of fused-ring (bicyclic) bond motifs is 1. The molecule has 4 rings (SSSR count).